The van der Waals surface area contributed by atoms with Crippen LogP contribution >= 0.6 is 0 Å². The Labute approximate surface area is 149 Å². The first kappa shape index (κ1) is 17.4. The van der Waals surface area contributed by atoms with Crippen LogP contribution in [0.5, 0.6) is 0 Å². The second-order valence-electron chi connectivity index (χ2n) is 6.37. The molecule has 0 saturated carbocycles. The summed E-state index contributed by atoms with van der Waals surface area (Å²) in [6, 6.07) is 9.49. The zero-order chi connectivity index (χ0) is 17.6. The van der Waals surface area contributed by atoms with E-state index >= 15 is 0 Å². The molecule has 1 atom stereocenters. The summed E-state index contributed by atoms with van der Waals surface area (Å²) in [4.78, 5) is 21.6. The van der Waals surface area contributed by atoms with E-state index in [-0.39, 0.29) is 11.9 Å². The smallest absolute Gasteiger partial charge is 0.241 e. The molecule has 25 heavy (non-hydrogen) atoms. The largest absolute Gasteiger partial charge is 0.324 e. The zero-order valence-corrected chi connectivity index (χ0v) is 14.6. The van der Waals surface area contributed by atoms with Gasteiger partial charge in [0, 0.05) is 50.7 Å². The highest BCUT2D eigenvalue weighted by molar-refractivity contribution is 6.02. The zero-order valence-electron chi connectivity index (χ0n) is 14.6. The van der Waals surface area contributed by atoms with E-state index in [1.165, 1.54) is 0 Å². The molecule has 1 fully saturated rings. The number of terminal acetylenes is 1. The third-order valence-electron chi connectivity index (χ3n) is 4.81. The van der Waals surface area contributed by atoms with Crippen LogP contribution in [0.25, 0.3) is 10.9 Å². The number of nitrogens with one attached hydrogen (secondary N) is 1. The Bertz CT molecular complexity index is 769. The van der Waals surface area contributed by atoms with Crippen LogP contribution < -0.4 is 5.32 Å². The van der Waals surface area contributed by atoms with Crippen molar-refractivity contribution in [2.45, 2.75) is 19.4 Å². The number of anilines is 1. The van der Waals surface area contributed by atoms with Crippen LogP contribution in [-0.2, 0) is 4.79 Å². The quantitative estimate of drug-likeness (QED) is 0.851. The van der Waals surface area contributed by atoms with Gasteiger partial charge in [0.25, 0.3) is 0 Å². The molecule has 1 aliphatic heterocycles. The van der Waals surface area contributed by atoms with Crippen LogP contribution in [0.1, 0.15) is 13.3 Å². The number of aromatic nitrogens is 1. The standard InChI is InChI=1S/C20H24N4O/c1-3-4-11-23-12-14-24(15-13-23)16(2)20(25)22-19-9-5-8-18-17(19)7-6-10-21-18/h1,5-10,16H,4,11-15H2,2H3,(H,22,25)/t16-/m0/s1. The predicted octanol–water partition coefficient (Wildman–Crippen LogP) is 2.20. The number of amides is 1. The Morgan fingerprint density at radius 2 is 2.08 bits per heavy atom. The molecule has 0 unspecified atom stereocenters. The van der Waals surface area contributed by atoms with E-state index in [1.807, 2.05) is 37.3 Å². The molecule has 3 rings (SSSR count). The highest BCUT2D eigenvalue weighted by Crippen LogP contribution is 2.21. The van der Waals surface area contributed by atoms with Gasteiger partial charge in [-0.15, -0.1) is 12.3 Å². The lowest BCUT2D eigenvalue weighted by Gasteiger charge is -2.37. The van der Waals surface area contributed by atoms with Crippen molar-refractivity contribution >= 4 is 22.5 Å². The van der Waals surface area contributed by atoms with Gasteiger partial charge in [-0.25, -0.2) is 0 Å². The van der Waals surface area contributed by atoms with E-state index in [2.05, 4.69) is 26.0 Å². The van der Waals surface area contributed by atoms with E-state index in [0.717, 1.165) is 55.7 Å². The van der Waals surface area contributed by atoms with Crippen LogP contribution in [-0.4, -0.2) is 59.5 Å². The van der Waals surface area contributed by atoms with Gasteiger partial charge in [-0.2, -0.15) is 0 Å². The third-order valence-corrected chi connectivity index (χ3v) is 4.81. The van der Waals surface area contributed by atoms with Gasteiger partial charge in [-0.3, -0.25) is 19.6 Å². The van der Waals surface area contributed by atoms with Crippen molar-refractivity contribution in [3.05, 3.63) is 36.5 Å². The summed E-state index contributed by atoms with van der Waals surface area (Å²) in [5.41, 5.74) is 1.70. The number of benzene rings is 1. The number of hydrogen-bond acceptors (Lipinski definition) is 4. The van der Waals surface area contributed by atoms with Crippen LogP contribution in [0, 0.1) is 12.3 Å². The third kappa shape index (κ3) is 4.16. The molecule has 1 saturated heterocycles. The Hall–Kier alpha value is -2.42. The first-order valence-electron chi connectivity index (χ1n) is 8.73. The first-order valence-corrected chi connectivity index (χ1v) is 8.73. The maximum Gasteiger partial charge on any atom is 0.241 e. The van der Waals surface area contributed by atoms with Crippen molar-refractivity contribution in [2.75, 3.05) is 38.0 Å². The van der Waals surface area contributed by atoms with Crippen molar-refractivity contribution in [1.29, 1.82) is 0 Å². The van der Waals surface area contributed by atoms with Gasteiger partial charge in [0.2, 0.25) is 5.91 Å². The molecule has 5 heteroatoms. The van der Waals surface area contributed by atoms with E-state index < -0.39 is 0 Å². The van der Waals surface area contributed by atoms with Gasteiger partial charge in [0.1, 0.15) is 0 Å². The highest BCUT2D eigenvalue weighted by Gasteiger charge is 2.25. The molecular formula is C20H24N4O. The molecule has 2 heterocycles. The second kappa shape index (κ2) is 8.11. The van der Waals surface area contributed by atoms with E-state index in [9.17, 15) is 4.79 Å². The number of nitrogens with zero attached hydrogens (tertiary/aromatic N) is 3. The normalized spacial score (nSPS) is 17.1. The Kier molecular flexibility index (Phi) is 5.64. The molecule has 0 spiro atoms. The highest BCUT2D eigenvalue weighted by atomic mass is 16.2. The van der Waals surface area contributed by atoms with Gasteiger partial charge in [-0.1, -0.05) is 6.07 Å². The number of piperazine rings is 1. The van der Waals surface area contributed by atoms with Crippen LogP contribution in [0.15, 0.2) is 36.5 Å². The molecular weight excluding hydrogens is 312 g/mol. The van der Waals surface area contributed by atoms with Crippen molar-refractivity contribution in [3.63, 3.8) is 0 Å². The molecule has 1 N–H and O–H groups in total. The van der Waals surface area contributed by atoms with E-state index in [0.29, 0.717) is 0 Å². The minimum Gasteiger partial charge on any atom is -0.324 e. The number of pyridine rings is 1. The number of carbonyl (C=O) groups excluding carboxylic acids is 1. The van der Waals surface area contributed by atoms with Crippen LogP contribution in [0.3, 0.4) is 0 Å². The molecule has 2 aromatic rings. The fourth-order valence-corrected chi connectivity index (χ4v) is 3.21. The van der Waals surface area contributed by atoms with Crippen LogP contribution in [0.4, 0.5) is 5.69 Å². The average molecular weight is 336 g/mol. The number of carbonyl (C=O) groups is 1. The fourth-order valence-electron chi connectivity index (χ4n) is 3.21. The molecule has 130 valence electrons. The molecule has 0 aliphatic carbocycles. The fraction of sp³-hybridized carbons (Fsp3) is 0.400. The van der Waals surface area contributed by atoms with Gasteiger partial charge in [-0.05, 0) is 31.2 Å². The first-order chi connectivity index (χ1) is 12.2. The predicted molar refractivity (Wildman–Crippen MR) is 101 cm³/mol. The molecule has 1 aliphatic rings. The Balaban J connectivity index is 1.61. The van der Waals surface area contributed by atoms with Crippen molar-refractivity contribution in [1.82, 2.24) is 14.8 Å². The SMILES string of the molecule is C#CCCN1CCN([C@@H](C)C(=O)Nc2cccc3ncccc23)CC1. The summed E-state index contributed by atoms with van der Waals surface area (Å²) in [6.45, 7) is 6.59. The minimum atomic E-state index is -0.165. The van der Waals surface area contributed by atoms with Gasteiger partial charge in [0.15, 0.2) is 0 Å². The average Bonchev–Trinajstić information content (AvgIpc) is 2.66. The lowest BCUT2D eigenvalue weighted by atomic mass is 10.1. The molecule has 0 radical (unpaired) electrons. The maximum absolute atomic E-state index is 12.7. The summed E-state index contributed by atoms with van der Waals surface area (Å²) in [7, 11) is 0. The summed E-state index contributed by atoms with van der Waals surface area (Å²) in [5, 5.41) is 4.03. The topological polar surface area (TPSA) is 48.5 Å². The summed E-state index contributed by atoms with van der Waals surface area (Å²) >= 11 is 0. The Morgan fingerprint density at radius 1 is 1.28 bits per heavy atom. The maximum atomic E-state index is 12.7. The van der Waals surface area contributed by atoms with Crippen LogP contribution in [0.2, 0.25) is 0 Å². The lowest BCUT2D eigenvalue weighted by Crippen LogP contribution is -2.52. The molecule has 0 bridgehead atoms. The van der Waals surface area contributed by atoms with Crippen molar-refractivity contribution in [3.8, 4) is 12.3 Å². The van der Waals surface area contributed by atoms with E-state index in [4.69, 9.17) is 6.42 Å². The molecule has 1 aromatic heterocycles. The van der Waals surface area contributed by atoms with Gasteiger partial charge >= 0.3 is 0 Å². The van der Waals surface area contributed by atoms with Gasteiger partial charge < -0.3 is 5.32 Å². The van der Waals surface area contributed by atoms with E-state index in [1.54, 1.807) is 6.20 Å². The minimum absolute atomic E-state index is 0.0217. The summed E-state index contributed by atoms with van der Waals surface area (Å²) < 4.78 is 0. The van der Waals surface area contributed by atoms with Crippen molar-refractivity contribution < 1.29 is 4.79 Å². The molecule has 5 nitrogen and oxygen atoms in total. The van der Waals surface area contributed by atoms with Crippen molar-refractivity contribution in [2.24, 2.45) is 0 Å². The lowest BCUT2D eigenvalue weighted by molar-refractivity contribution is -0.121. The number of rotatable bonds is 5. The van der Waals surface area contributed by atoms with Gasteiger partial charge in [0.05, 0.1) is 17.2 Å². The monoisotopic (exact) mass is 336 g/mol. The number of fused-ring (bicyclic) bond motifs is 1. The Morgan fingerprint density at radius 3 is 2.84 bits per heavy atom. The summed E-state index contributed by atoms with van der Waals surface area (Å²) in [5.74, 6) is 2.71. The molecule has 1 amide bonds. The molecule has 1 aromatic carbocycles. The number of hydrogen-bond donors (Lipinski definition) is 1. The summed E-state index contributed by atoms with van der Waals surface area (Å²) in [6.07, 6.45) is 7.87. The second-order valence-corrected chi connectivity index (χ2v) is 6.37.